The van der Waals surface area contributed by atoms with Gasteiger partial charge in [0.2, 0.25) is 0 Å². The molecule has 0 saturated heterocycles. The molecule has 94 valence electrons. The maximum Gasteiger partial charge on any atom is 0.142 e. The van der Waals surface area contributed by atoms with Gasteiger partial charge in [0, 0.05) is 11.8 Å². The monoisotopic (exact) mass is 226 g/mol. The van der Waals surface area contributed by atoms with Gasteiger partial charge in [-0.15, -0.1) is 0 Å². The van der Waals surface area contributed by atoms with Crippen molar-refractivity contribution in [3.8, 4) is 0 Å². The summed E-state index contributed by atoms with van der Waals surface area (Å²) in [6.07, 6.45) is 1.60. The number of aliphatic hydroxyl groups excluding tert-OH is 1. The summed E-state index contributed by atoms with van der Waals surface area (Å²) < 4.78 is 0. The van der Waals surface area contributed by atoms with E-state index < -0.39 is 6.10 Å². The third kappa shape index (κ3) is 2.65. The molecule has 2 heteroatoms. The number of hydrogen-bond acceptors (Lipinski definition) is 2. The fraction of sp³-hybridized carbons (Fsp3) is 0.929. The summed E-state index contributed by atoms with van der Waals surface area (Å²) in [7, 11) is 0. The second-order valence-corrected chi connectivity index (χ2v) is 6.07. The molecular weight excluding hydrogens is 200 g/mol. The van der Waals surface area contributed by atoms with Crippen molar-refractivity contribution in [3.63, 3.8) is 0 Å². The van der Waals surface area contributed by atoms with Crippen LogP contribution in [0.25, 0.3) is 0 Å². The molecule has 1 rings (SSSR count). The van der Waals surface area contributed by atoms with Gasteiger partial charge in [0.25, 0.3) is 0 Å². The van der Waals surface area contributed by atoms with Crippen LogP contribution in [-0.4, -0.2) is 17.0 Å². The molecule has 1 saturated carbocycles. The average Bonchev–Trinajstić information content (AvgIpc) is 2.16. The lowest BCUT2D eigenvalue weighted by Crippen LogP contribution is -2.44. The first-order valence-electron chi connectivity index (χ1n) is 6.58. The van der Waals surface area contributed by atoms with Crippen molar-refractivity contribution in [2.45, 2.75) is 53.6 Å². The summed E-state index contributed by atoms with van der Waals surface area (Å²) in [5.74, 6) is 1.23. The minimum atomic E-state index is -0.468. The van der Waals surface area contributed by atoms with Gasteiger partial charge >= 0.3 is 0 Å². The zero-order valence-corrected chi connectivity index (χ0v) is 11.2. The van der Waals surface area contributed by atoms with Gasteiger partial charge in [0.15, 0.2) is 0 Å². The highest BCUT2D eigenvalue weighted by molar-refractivity contribution is 5.85. The molecular formula is C14H26O2. The Morgan fingerprint density at radius 1 is 1.19 bits per heavy atom. The Kier molecular flexibility index (Phi) is 4.54. The van der Waals surface area contributed by atoms with E-state index in [1.54, 1.807) is 0 Å². The summed E-state index contributed by atoms with van der Waals surface area (Å²) in [6.45, 7) is 10.3. The lowest BCUT2D eigenvalue weighted by molar-refractivity contribution is -0.139. The molecule has 1 fully saturated rings. The number of hydrogen-bond donors (Lipinski definition) is 1. The Bertz CT molecular complexity index is 245. The Morgan fingerprint density at radius 3 is 2.19 bits per heavy atom. The number of carbonyl (C=O) groups is 1. The van der Waals surface area contributed by atoms with Crippen LogP contribution in [0.4, 0.5) is 0 Å². The van der Waals surface area contributed by atoms with Crippen molar-refractivity contribution in [2.24, 2.45) is 29.6 Å². The van der Waals surface area contributed by atoms with Crippen LogP contribution in [0.3, 0.4) is 0 Å². The van der Waals surface area contributed by atoms with Crippen LogP contribution in [0.1, 0.15) is 47.5 Å². The van der Waals surface area contributed by atoms with Gasteiger partial charge in [-0.1, -0.05) is 34.6 Å². The van der Waals surface area contributed by atoms with Gasteiger partial charge in [-0.05, 0) is 30.6 Å². The van der Waals surface area contributed by atoms with Crippen LogP contribution in [0, 0.1) is 29.6 Å². The van der Waals surface area contributed by atoms with Gasteiger partial charge in [0.1, 0.15) is 5.78 Å². The van der Waals surface area contributed by atoms with Crippen molar-refractivity contribution in [2.75, 3.05) is 0 Å². The summed E-state index contributed by atoms with van der Waals surface area (Å²) >= 11 is 0. The van der Waals surface area contributed by atoms with Crippen molar-refractivity contribution in [1.29, 1.82) is 0 Å². The van der Waals surface area contributed by atoms with Crippen molar-refractivity contribution < 1.29 is 9.90 Å². The van der Waals surface area contributed by atoms with Gasteiger partial charge in [-0.25, -0.2) is 0 Å². The topological polar surface area (TPSA) is 37.3 Å². The number of carbonyl (C=O) groups excluding carboxylic acids is 1. The number of rotatable bonds is 3. The molecule has 0 heterocycles. The zero-order chi connectivity index (χ0) is 12.5. The Balaban J connectivity index is 2.83. The molecule has 0 spiro atoms. The lowest BCUT2D eigenvalue weighted by atomic mass is 9.67. The summed E-state index contributed by atoms with van der Waals surface area (Å²) in [4.78, 5) is 12.4. The first-order valence-corrected chi connectivity index (χ1v) is 6.58. The third-order valence-corrected chi connectivity index (χ3v) is 4.10. The molecule has 0 aromatic carbocycles. The molecule has 0 unspecified atom stereocenters. The molecule has 0 bridgehead atoms. The Labute approximate surface area is 99.4 Å². The molecule has 0 amide bonds. The highest BCUT2D eigenvalue weighted by Gasteiger charge is 2.41. The normalized spacial score (nSPS) is 33.5. The third-order valence-electron chi connectivity index (χ3n) is 4.10. The molecule has 0 aromatic heterocycles. The number of Topliss-reactive ketones (excluding diaryl/α,β-unsaturated/α-hetero) is 1. The second-order valence-electron chi connectivity index (χ2n) is 6.07. The van der Waals surface area contributed by atoms with Gasteiger partial charge < -0.3 is 5.11 Å². The Hall–Kier alpha value is -0.370. The van der Waals surface area contributed by atoms with Crippen LogP contribution in [0.2, 0.25) is 0 Å². The van der Waals surface area contributed by atoms with Crippen LogP contribution in [0.5, 0.6) is 0 Å². The van der Waals surface area contributed by atoms with E-state index in [4.69, 9.17) is 0 Å². The number of ketones is 1. The predicted molar refractivity (Wildman–Crippen MR) is 66.1 cm³/mol. The summed E-state index contributed by atoms with van der Waals surface area (Å²) in [5.41, 5.74) is 0. The first-order chi connectivity index (χ1) is 7.36. The maximum absolute atomic E-state index is 12.4. The summed E-state index contributed by atoms with van der Waals surface area (Å²) in [5, 5.41) is 10.2. The van der Waals surface area contributed by atoms with Gasteiger partial charge in [0.05, 0.1) is 6.10 Å². The molecule has 1 aliphatic carbocycles. The smallest absolute Gasteiger partial charge is 0.142 e. The van der Waals surface area contributed by atoms with Gasteiger partial charge in [-0.3, -0.25) is 4.79 Å². The van der Waals surface area contributed by atoms with Gasteiger partial charge in [-0.2, -0.15) is 0 Å². The van der Waals surface area contributed by atoms with E-state index >= 15 is 0 Å². The fourth-order valence-electron chi connectivity index (χ4n) is 2.87. The maximum atomic E-state index is 12.4. The highest BCUT2D eigenvalue weighted by atomic mass is 16.3. The van der Waals surface area contributed by atoms with Crippen molar-refractivity contribution in [1.82, 2.24) is 0 Å². The molecule has 4 atom stereocenters. The van der Waals surface area contributed by atoms with E-state index in [2.05, 4.69) is 20.8 Å². The minimum absolute atomic E-state index is 0.138. The molecule has 16 heavy (non-hydrogen) atoms. The first kappa shape index (κ1) is 13.7. The molecule has 1 aliphatic rings. The zero-order valence-electron chi connectivity index (χ0n) is 11.2. The minimum Gasteiger partial charge on any atom is -0.392 e. The van der Waals surface area contributed by atoms with Crippen LogP contribution >= 0.6 is 0 Å². The molecule has 0 aromatic rings. The molecule has 1 N–H and O–H groups in total. The van der Waals surface area contributed by atoms with Crippen molar-refractivity contribution >= 4 is 5.78 Å². The van der Waals surface area contributed by atoms with Crippen molar-refractivity contribution in [3.05, 3.63) is 0 Å². The quantitative estimate of drug-likeness (QED) is 0.803. The summed E-state index contributed by atoms with van der Waals surface area (Å²) in [6, 6.07) is 0. The predicted octanol–water partition coefficient (Wildman–Crippen LogP) is 2.89. The second kappa shape index (κ2) is 5.31. The van der Waals surface area contributed by atoms with Crippen LogP contribution in [-0.2, 0) is 4.79 Å². The lowest BCUT2D eigenvalue weighted by Gasteiger charge is -2.38. The average molecular weight is 226 g/mol. The van der Waals surface area contributed by atoms with E-state index in [0.717, 1.165) is 12.8 Å². The van der Waals surface area contributed by atoms with Crippen LogP contribution in [0.15, 0.2) is 0 Å². The van der Waals surface area contributed by atoms with E-state index in [9.17, 15) is 9.90 Å². The Morgan fingerprint density at radius 2 is 1.75 bits per heavy atom. The standard InChI is InChI=1S/C14H26O2/c1-8(2)11-7-6-10(5)12(14(11)16)13(15)9(3)4/h8-13,15H,6-7H2,1-5H3/t10-,11-,12-,13+/m1/s1. The van der Waals surface area contributed by atoms with Crippen LogP contribution < -0.4 is 0 Å². The largest absolute Gasteiger partial charge is 0.392 e. The van der Waals surface area contributed by atoms with E-state index in [1.807, 2.05) is 13.8 Å². The fourth-order valence-corrected chi connectivity index (χ4v) is 2.87. The molecule has 0 radical (unpaired) electrons. The molecule has 2 nitrogen and oxygen atoms in total. The van der Waals surface area contributed by atoms with E-state index in [1.165, 1.54) is 0 Å². The number of aliphatic hydroxyl groups is 1. The highest BCUT2D eigenvalue weighted by Crippen LogP contribution is 2.37. The van der Waals surface area contributed by atoms with E-state index in [-0.39, 0.29) is 17.8 Å². The molecule has 0 aliphatic heterocycles. The van der Waals surface area contributed by atoms with E-state index in [0.29, 0.717) is 17.6 Å². The SMILES string of the molecule is CC(C)[C@H]1CC[C@@H](C)[C@H]([C@@H](O)C(C)C)C1=O.